The number of hydrogen-bond donors (Lipinski definition) is 6. The molecule has 0 heterocycles. The third-order valence-electron chi connectivity index (χ3n) is 4.53. The molecule has 0 aromatic heterocycles. The number of carbonyl (C=O) groups is 6. The maximum absolute atomic E-state index is 12.9. The maximum atomic E-state index is 12.9. The average Bonchev–Trinajstić information content (AvgIpc) is 2.65. The van der Waals surface area contributed by atoms with Gasteiger partial charge in [-0.05, 0) is 39.5 Å². The Labute approximate surface area is 197 Å². The summed E-state index contributed by atoms with van der Waals surface area (Å²) < 4.78 is 5.10. The summed E-state index contributed by atoms with van der Waals surface area (Å²) in [5.41, 5.74) is -0.907. The van der Waals surface area contributed by atoms with Gasteiger partial charge in [0, 0.05) is 6.42 Å². The third kappa shape index (κ3) is 12.0. The number of amides is 3. The van der Waals surface area contributed by atoms with Gasteiger partial charge in [-0.15, -0.1) is 0 Å². The molecule has 13 nitrogen and oxygen atoms in total. The topological polar surface area (TPSA) is 208 Å². The normalized spacial score (nSPS) is 14.8. The molecular weight excluding hydrogens is 454 g/mol. The lowest BCUT2D eigenvalue weighted by Gasteiger charge is -2.27. The summed E-state index contributed by atoms with van der Waals surface area (Å²) in [6, 6.07) is -4.17. The summed E-state index contributed by atoms with van der Waals surface area (Å²) in [5.74, 6) is -7.26. The molecule has 0 fully saturated rings. The van der Waals surface area contributed by atoms with Gasteiger partial charge in [-0.2, -0.15) is 0 Å². The molecule has 0 aromatic rings. The molecule has 0 spiro atoms. The van der Waals surface area contributed by atoms with Gasteiger partial charge in [0.2, 0.25) is 11.8 Å². The predicted octanol–water partition coefficient (Wildman–Crippen LogP) is 0.566. The molecule has 0 saturated heterocycles. The number of carboxylic acids is 3. The number of nitrogens with one attached hydrogen (secondary N) is 3. The molecule has 0 unspecified atom stereocenters. The highest BCUT2D eigenvalue weighted by atomic mass is 16.6. The van der Waals surface area contributed by atoms with Gasteiger partial charge >= 0.3 is 24.0 Å². The Morgan fingerprint density at radius 2 is 1.32 bits per heavy atom. The maximum Gasteiger partial charge on any atom is 0.408 e. The number of carboxylic acid groups (broad SMARTS) is 3. The fourth-order valence-electron chi connectivity index (χ4n) is 2.71. The van der Waals surface area contributed by atoms with Crippen LogP contribution in [0.4, 0.5) is 4.79 Å². The van der Waals surface area contributed by atoms with Crippen LogP contribution in [0.5, 0.6) is 0 Å². The quantitative estimate of drug-likeness (QED) is 0.212. The lowest BCUT2D eigenvalue weighted by Crippen LogP contribution is -2.57. The molecule has 6 N–H and O–H groups in total. The fraction of sp³-hybridized carbons (Fsp3) is 0.714. The number of alkyl carbamates (subject to hydrolysis) is 1. The van der Waals surface area contributed by atoms with Crippen LogP contribution in [0.15, 0.2) is 0 Å². The lowest BCUT2D eigenvalue weighted by atomic mass is 10.00. The van der Waals surface area contributed by atoms with E-state index in [9.17, 15) is 39.0 Å². The summed E-state index contributed by atoms with van der Waals surface area (Å²) in [6.45, 7) is 9.17. The molecule has 34 heavy (non-hydrogen) atoms. The standard InChI is InChI=1S/C21H35N3O10/c1-10(2)15(19(31)32)24-16(27)12(7-8-14(25)26)22-17(28)13(9-11(3)18(29)30)23-20(33)34-21(4,5)6/h10-13,15H,7-9H2,1-6H3,(H,22,28)(H,23,33)(H,24,27)(H,25,26)(H,29,30)(H,31,32)/t11-,12-,13-,15-/m0/s1. The first-order chi connectivity index (χ1) is 15.4. The van der Waals surface area contributed by atoms with Crippen molar-refractivity contribution in [3.63, 3.8) is 0 Å². The molecule has 0 aliphatic heterocycles. The molecular formula is C21H35N3O10. The van der Waals surface area contributed by atoms with E-state index in [4.69, 9.17) is 9.84 Å². The first-order valence-electron chi connectivity index (χ1n) is 10.7. The highest BCUT2D eigenvalue weighted by Gasteiger charge is 2.33. The van der Waals surface area contributed by atoms with Crippen LogP contribution in [0, 0.1) is 11.8 Å². The first kappa shape index (κ1) is 30.6. The molecule has 0 radical (unpaired) electrons. The number of carbonyl (C=O) groups excluding carboxylic acids is 3. The van der Waals surface area contributed by atoms with Crippen molar-refractivity contribution in [1.29, 1.82) is 0 Å². The SMILES string of the molecule is CC(C)[C@H](NC(=O)[C@H](CCC(=O)O)NC(=O)[C@H](C[C@H](C)C(=O)O)NC(=O)OC(C)(C)C)C(=O)O. The van der Waals surface area contributed by atoms with Crippen LogP contribution in [-0.4, -0.2) is 74.9 Å². The van der Waals surface area contributed by atoms with Crippen molar-refractivity contribution in [2.75, 3.05) is 0 Å². The van der Waals surface area contributed by atoms with Gasteiger partial charge in [0.25, 0.3) is 0 Å². The van der Waals surface area contributed by atoms with E-state index < -0.39 is 77.8 Å². The second kappa shape index (κ2) is 13.4. The van der Waals surface area contributed by atoms with Crippen molar-refractivity contribution in [2.45, 2.75) is 84.5 Å². The highest BCUT2D eigenvalue weighted by molar-refractivity contribution is 5.93. The zero-order chi connectivity index (χ0) is 26.8. The Bertz CT molecular complexity index is 775. The fourth-order valence-corrected chi connectivity index (χ4v) is 2.71. The van der Waals surface area contributed by atoms with E-state index in [2.05, 4.69) is 16.0 Å². The minimum absolute atomic E-state index is 0.350. The van der Waals surface area contributed by atoms with Gasteiger partial charge in [-0.25, -0.2) is 9.59 Å². The minimum atomic E-state index is -1.45. The van der Waals surface area contributed by atoms with Crippen molar-refractivity contribution in [3.8, 4) is 0 Å². The van der Waals surface area contributed by atoms with Crippen LogP contribution in [0.3, 0.4) is 0 Å². The molecule has 0 aliphatic carbocycles. The lowest BCUT2D eigenvalue weighted by molar-refractivity contribution is -0.144. The van der Waals surface area contributed by atoms with Crippen LogP contribution in [0.25, 0.3) is 0 Å². The van der Waals surface area contributed by atoms with Crippen LogP contribution < -0.4 is 16.0 Å². The van der Waals surface area contributed by atoms with E-state index >= 15 is 0 Å². The zero-order valence-electron chi connectivity index (χ0n) is 20.2. The summed E-state index contributed by atoms with van der Waals surface area (Å²) >= 11 is 0. The summed E-state index contributed by atoms with van der Waals surface area (Å²) in [4.78, 5) is 71.4. The summed E-state index contributed by atoms with van der Waals surface area (Å²) in [7, 11) is 0. The van der Waals surface area contributed by atoms with Crippen molar-refractivity contribution in [2.24, 2.45) is 11.8 Å². The molecule has 0 aliphatic rings. The predicted molar refractivity (Wildman–Crippen MR) is 118 cm³/mol. The second-order valence-corrected chi connectivity index (χ2v) is 9.24. The Hall–Kier alpha value is -3.38. The van der Waals surface area contributed by atoms with Crippen LogP contribution in [0.2, 0.25) is 0 Å². The van der Waals surface area contributed by atoms with Gasteiger partial charge in [-0.1, -0.05) is 20.8 Å². The van der Waals surface area contributed by atoms with Gasteiger partial charge < -0.3 is 36.0 Å². The molecule has 194 valence electrons. The Morgan fingerprint density at radius 3 is 1.74 bits per heavy atom. The van der Waals surface area contributed by atoms with E-state index in [0.29, 0.717) is 0 Å². The number of ether oxygens (including phenoxy) is 1. The largest absolute Gasteiger partial charge is 0.481 e. The number of hydrogen-bond acceptors (Lipinski definition) is 7. The molecule has 0 aromatic carbocycles. The van der Waals surface area contributed by atoms with Crippen molar-refractivity contribution < 1.29 is 48.8 Å². The van der Waals surface area contributed by atoms with Crippen LogP contribution >= 0.6 is 0 Å². The molecule has 0 saturated carbocycles. The molecule has 3 amide bonds. The third-order valence-corrected chi connectivity index (χ3v) is 4.53. The van der Waals surface area contributed by atoms with E-state index in [1.165, 1.54) is 6.92 Å². The second-order valence-electron chi connectivity index (χ2n) is 9.24. The molecule has 0 bridgehead atoms. The van der Waals surface area contributed by atoms with E-state index in [-0.39, 0.29) is 12.8 Å². The van der Waals surface area contributed by atoms with E-state index in [1.54, 1.807) is 34.6 Å². The minimum Gasteiger partial charge on any atom is -0.481 e. The number of rotatable bonds is 13. The average molecular weight is 490 g/mol. The molecule has 4 atom stereocenters. The van der Waals surface area contributed by atoms with Gasteiger partial charge in [0.1, 0.15) is 23.7 Å². The smallest absolute Gasteiger partial charge is 0.408 e. The Balaban J connectivity index is 5.73. The van der Waals surface area contributed by atoms with Crippen LogP contribution in [-0.2, 0) is 28.7 Å². The van der Waals surface area contributed by atoms with Gasteiger partial charge in [0.05, 0.1) is 5.92 Å². The van der Waals surface area contributed by atoms with Gasteiger partial charge in [0.15, 0.2) is 0 Å². The van der Waals surface area contributed by atoms with E-state index in [1.807, 2.05) is 0 Å². The highest BCUT2D eigenvalue weighted by Crippen LogP contribution is 2.12. The van der Waals surface area contributed by atoms with Crippen molar-refractivity contribution >= 4 is 35.8 Å². The Morgan fingerprint density at radius 1 is 0.794 bits per heavy atom. The molecule has 0 rings (SSSR count). The van der Waals surface area contributed by atoms with E-state index in [0.717, 1.165) is 0 Å². The Kier molecular flexibility index (Phi) is 12.0. The summed E-state index contributed by atoms with van der Waals surface area (Å²) in [6.07, 6.45) is -2.24. The van der Waals surface area contributed by atoms with Crippen molar-refractivity contribution in [1.82, 2.24) is 16.0 Å². The monoisotopic (exact) mass is 489 g/mol. The van der Waals surface area contributed by atoms with Crippen molar-refractivity contribution in [3.05, 3.63) is 0 Å². The molecule has 13 heteroatoms. The number of aliphatic carboxylic acids is 3. The summed E-state index contributed by atoms with van der Waals surface area (Å²) in [5, 5.41) is 34.3. The van der Waals surface area contributed by atoms with Gasteiger partial charge in [-0.3, -0.25) is 19.2 Å². The first-order valence-corrected chi connectivity index (χ1v) is 10.7. The van der Waals surface area contributed by atoms with Crippen LogP contribution in [0.1, 0.15) is 60.8 Å². The zero-order valence-corrected chi connectivity index (χ0v) is 20.2.